The Balaban J connectivity index is 2.04. The summed E-state index contributed by atoms with van der Waals surface area (Å²) in [6, 6.07) is 0.147. The highest BCUT2D eigenvalue weighted by Gasteiger charge is 2.36. The minimum atomic E-state index is -0.818. The molecule has 4 N–H and O–H groups in total. The van der Waals surface area contributed by atoms with E-state index in [9.17, 15) is 9.90 Å². The molecule has 2 aromatic rings. The first-order valence-electron chi connectivity index (χ1n) is 7.17. The molecule has 0 amide bonds. The number of nitrogens with zero attached hydrogens (tertiary/aromatic N) is 3. The molecule has 1 aliphatic rings. The van der Waals surface area contributed by atoms with E-state index in [-0.39, 0.29) is 19.1 Å². The van der Waals surface area contributed by atoms with Gasteiger partial charge >= 0.3 is 5.69 Å². The van der Waals surface area contributed by atoms with Gasteiger partial charge in [0.25, 0.3) is 0 Å². The summed E-state index contributed by atoms with van der Waals surface area (Å²) in [7, 11) is 0. The number of rotatable bonds is 4. The molecule has 2 aromatic heterocycles. The van der Waals surface area contributed by atoms with Gasteiger partial charge in [-0.05, 0) is 13.8 Å². The third kappa shape index (κ3) is 2.47. The van der Waals surface area contributed by atoms with Crippen molar-refractivity contribution in [3.8, 4) is 0 Å². The Morgan fingerprint density at radius 2 is 2.32 bits per heavy atom. The number of fused-ring (bicyclic) bond motifs is 1. The Labute approximate surface area is 126 Å². The van der Waals surface area contributed by atoms with Crippen molar-refractivity contribution in [2.75, 3.05) is 11.9 Å². The van der Waals surface area contributed by atoms with Gasteiger partial charge < -0.3 is 25.3 Å². The number of ether oxygens (including phenoxy) is 1. The Kier molecular flexibility index (Phi) is 3.85. The van der Waals surface area contributed by atoms with Crippen LogP contribution in [-0.2, 0) is 4.74 Å². The SMILES string of the molecule is CC(C)Nc1ncnc2c1[nH]c(=O)n2C1CC(O)C(CO)O1. The quantitative estimate of drug-likeness (QED) is 0.604. The maximum atomic E-state index is 12.3. The lowest BCUT2D eigenvalue weighted by atomic mass is 10.2. The molecule has 9 heteroatoms. The highest BCUT2D eigenvalue weighted by atomic mass is 16.5. The van der Waals surface area contributed by atoms with E-state index in [0.29, 0.717) is 17.0 Å². The largest absolute Gasteiger partial charge is 0.394 e. The molecular formula is C13H19N5O4. The van der Waals surface area contributed by atoms with Gasteiger partial charge in [-0.2, -0.15) is 0 Å². The summed E-state index contributed by atoms with van der Waals surface area (Å²) in [4.78, 5) is 23.3. The van der Waals surface area contributed by atoms with Crippen molar-refractivity contribution in [2.45, 2.75) is 44.7 Å². The fourth-order valence-electron chi connectivity index (χ4n) is 2.62. The first kappa shape index (κ1) is 14.9. The van der Waals surface area contributed by atoms with Crippen molar-refractivity contribution in [3.63, 3.8) is 0 Å². The van der Waals surface area contributed by atoms with Gasteiger partial charge in [-0.25, -0.2) is 19.3 Å². The van der Waals surface area contributed by atoms with Gasteiger partial charge in [-0.3, -0.25) is 0 Å². The van der Waals surface area contributed by atoms with Crippen LogP contribution in [0.2, 0.25) is 0 Å². The fourth-order valence-corrected chi connectivity index (χ4v) is 2.62. The van der Waals surface area contributed by atoms with Crippen LogP contribution in [0.15, 0.2) is 11.1 Å². The van der Waals surface area contributed by atoms with Crippen molar-refractivity contribution in [1.82, 2.24) is 19.5 Å². The van der Waals surface area contributed by atoms with Crippen LogP contribution in [0.1, 0.15) is 26.5 Å². The Morgan fingerprint density at radius 1 is 1.55 bits per heavy atom. The minimum Gasteiger partial charge on any atom is -0.394 e. The average Bonchev–Trinajstić information content (AvgIpc) is 2.98. The highest BCUT2D eigenvalue weighted by Crippen LogP contribution is 2.30. The van der Waals surface area contributed by atoms with Crippen molar-refractivity contribution >= 4 is 17.0 Å². The Bertz CT molecular complexity index is 725. The zero-order valence-corrected chi connectivity index (χ0v) is 12.4. The maximum absolute atomic E-state index is 12.3. The number of nitrogens with one attached hydrogen (secondary N) is 2. The summed E-state index contributed by atoms with van der Waals surface area (Å²) in [6.07, 6.45) is -0.602. The number of aromatic nitrogens is 4. The molecule has 0 bridgehead atoms. The minimum absolute atomic E-state index is 0.147. The van der Waals surface area contributed by atoms with Crippen LogP contribution >= 0.6 is 0 Å². The lowest BCUT2D eigenvalue weighted by Crippen LogP contribution is -2.25. The monoisotopic (exact) mass is 309 g/mol. The Hall–Kier alpha value is -1.97. The molecule has 0 aromatic carbocycles. The molecule has 1 saturated heterocycles. The predicted octanol–water partition coefficient (Wildman–Crippen LogP) is -0.419. The van der Waals surface area contributed by atoms with E-state index in [1.54, 1.807) is 0 Å². The van der Waals surface area contributed by atoms with Crippen LogP contribution in [0.5, 0.6) is 0 Å². The molecule has 1 aliphatic heterocycles. The number of aliphatic hydroxyl groups is 2. The first-order valence-corrected chi connectivity index (χ1v) is 7.17. The summed E-state index contributed by atoms with van der Waals surface area (Å²) >= 11 is 0. The van der Waals surface area contributed by atoms with Crippen molar-refractivity contribution in [3.05, 3.63) is 16.8 Å². The lowest BCUT2D eigenvalue weighted by Gasteiger charge is -2.13. The fraction of sp³-hybridized carbons (Fsp3) is 0.615. The van der Waals surface area contributed by atoms with Crippen molar-refractivity contribution in [2.24, 2.45) is 0 Å². The zero-order valence-electron chi connectivity index (χ0n) is 12.4. The van der Waals surface area contributed by atoms with Gasteiger partial charge in [0.05, 0.1) is 12.7 Å². The topological polar surface area (TPSA) is 125 Å². The van der Waals surface area contributed by atoms with E-state index >= 15 is 0 Å². The number of hydrogen-bond acceptors (Lipinski definition) is 7. The van der Waals surface area contributed by atoms with Gasteiger partial charge in [-0.1, -0.05) is 0 Å². The summed E-state index contributed by atoms with van der Waals surface area (Å²) in [5.74, 6) is 0.535. The van der Waals surface area contributed by atoms with Crippen LogP contribution in [0.3, 0.4) is 0 Å². The lowest BCUT2D eigenvalue weighted by molar-refractivity contribution is -0.0441. The van der Waals surface area contributed by atoms with Gasteiger partial charge in [0.15, 0.2) is 11.5 Å². The second-order valence-electron chi connectivity index (χ2n) is 5.63. The average molecular weight is 309 g/mol. The van der Waals surface area contributed by atoms with Crippen LogP contribution in [0, 0.1) is 0 Å². The number of imidazole rings is 1. The standard InChI is InChI=1S/C13H19N5O4/c1-6(2)16-11-10-12(15-5-14-11)18(13(21)17-10)9-3-7(20)8(4-19)22-9/h5-9,19-20H,3-4H2,1-2H3,(H,17,21)(H,14,15,16). The molecule has 22 heavy (non-hydrogen) atoms. The third-order valence-electron chi connectivity index (χ3n) is 3.60. The van der Waals surface area contributed by atoms with E-state index in [2.05, 4.69) is 20.3 Å². The van der Waals surface area contributed by atoms with E-state index in [1.165, 1.54) is 10.9 Å². The summed E-state index contributed by atoms with van der Waals surface area (Å²) in [5, 5.41) is 22.1. The molecule has 3 heterocycles. The molecule has 1 fully saturated rings. The third-order valence-corrected chi connectivity index (χ3v) is 3.60. The van der Waals surface area contributed by atoms with Gasteiger partial charge in [0.2, 0.25) is 0 Å². The van der Waals surface area contributed by atoms with Crippen molar-refractivity contribution < 1.29 is 14.9 Å². The highest BCUT2D eigenvalue weighted by molar-refractivity contribution is 5.82. The van der Waals surface area contributed by atoms with Crippen LogP contribution < -0.4 is 11.0 Å². The maximum Gasteiger partial charge on any atom is 0.329 e. The molecule has 0 radical (unpaired) electrons. The van der Waals surface area contributed by atoms with Crippen LogP contribution in [0.25, 0.3) is 11.2 Å². The molecular weight excluding hydrogens is 290 g/mol. The van der Waals surface area contributed by atoms with E-state index in [0.717, 1.165) is 0 Å². The van der Waals surface area contributed by atoms with Gasteiger partial charge in [0.1, 0.15) is 24.2 Å². The van der Waals surface area contributed by atoms with Gasteiger partial charge in [-0.15, -0.1) is 0 Å². The number of H-pyrrole nitrogens is 1. The Morgan fingerprint density at radius 3 is 2.95 bits per heavy atom. The normalized spacial score (nSPS) is 25.2. The molecule has 9 nitrogen and oxygen atoms in total. The molecule has 0 saturated carbocycles. The molecule has 3 rings (SSSR count). The zero-order chi connectivity index (χ0) is 15.9. The number of aromatic amines is 1. The van der Waals surface area contributed by atoms with E-state index in [4.69, 9.17) is 9.84 Å². The number of hydrogen-bond donors (Lipinski definition) is 4. The molecule has 120 valence electrons. The number of anilines is 1. The second kappa shape index (κ2) is 5.67. The van der Waals surface area contributed by atoms with Crippen LogP contribution in [-0.4, -0.2) is 54.6 Å². The van der Waals surface area contributed by atoms with E-state index in [1.807, 2.05) is 13.8 Å². The predicted molar refractivity (Wildman–Crippen MR) is 78.5 cm³/mol. The molecule has 0 aliphatic carbocycles. The summed E-state index contributed by atoms with van der Waals surface area (Å²) in [6.45, 7) is 3.63. The summed E-state index contributed by atoms with van der Waals surface area (Å²) < 4.78 is 6.89. The molecule has 3 atom stereocenters. The molecule has 0 spiro atoms. The smallest absolute Gasteiger partial charge is 0.329 e. The number of aliphatic hydroxyl groups excluding tert-OH is 2. The second-order valence-corrected chi connectivity index (χ2v) is 5.63. The van der Waals surface area contributed by atoms with Crippen LogP contribution in [0.4, 0.5) is 5.82 Å². The van der Waals surface area contributed by atoms with E-state index < -0.39 is 24.1 Å². The first-order chi connectivity index (χ1) is 10.5. The van der Waals surface area contributed by atoms with Crippen molar-refractivity contribution in [1.29, 1.82) is 0 Å². The molecule has 3 unspecified atom stereocenters. The summed E-state index contributed by atoms with van der Waals surface area (Å²) in [5.41, 5.74) is 0.503. The van der Waals surface area contributed by atoms with Gasteiger partial charge in [0, 0.05) is 12.5 Å².